The molecule has 0 radical (unpaired) electrons. The summed E-state index contributed by atoms with van der Waals surface area (Å²) in [6, 6.07) is 11.1. The minimum atomic E-state index is -0.352. The Bertz CT molecular complexity index is 613. The van der Waals surface area contributed by atoms with Crippen LogP contribution in [0.2, 0.25) is 5.02 Å². The molecule has 2 rings (SSSR count). The van der Waals surface area contributed by atoms with Crippen molar-refractivity contribution in [3.63, 3.8) is 0 Å². The first kappa shape index (κ1) is 13.2. The van der Waals surface area contributed by atoms with Crippen LogP contribution in [-0.2, 0) is 6.54 Å². The number of aromatic hydroxyl groups is 2. The maximum Gasteiger partial charge on any atom is 0.251 e. The first-order valence-corrected chi connectivity index (χ1v) is 5.99. The molecule has 4 nitrogen and oxygen atoms in total. The smallest absolute Gasteiger partial charge is 0.251 e. The lowest BCUT2D eigenvalue weighted by molar-refractivity contribution is 0.0950. The minimum absolute atomic E-state index is 0.261. The van der Waals surface area contributed by atoms with Crippen molar-refractivity contribution in [1.29, 1.82) is 0 Å². The van der Waals surface area contributed by atoms with Crippen molar-refractivity contribution in [2.45, 2.75) is 6.54 Å². The molecule has 2 aromatic rings. The van der Waals surface area contributed by atoms with Gasteiger partial charge in [-0.25, -0.2) is 0 Å². The fourth-order valence-electron chi connectivity index (χ4n) is 1.58. The summed E-state index contributed by atoms with van der Waals surface area (Å²) in [6.07, 6.45) is 0. The lowest BCUT2D eigenvalue weighted by Gasteiger charge is -2.07. The lowest BCUT2D eigenvalue weighted by atomic mass is 10.1. The van der Waals surface area contributed by atoms with Crippen molar-refractivity contribution in [1.82, 2.24) is 5.32 Å². The second kappa shape index (κ2) is 5.63. The molecule has 19 heavy (non-hydrogen) atoms. The lowest BCUT2D eigenvalue weighted by Crippen LogP contribution is -2.22. The van der Waals surface area contributed by atoms with Crippen molar-refractivity contribution in [2.75, 3.05) is 0 Å². The molecule has 0 aliphatic carbocycles. The molecule has 0 aliphatic rings. The third-order valence-corrected chi connectivity index (χ3v) is 3.00. The van der Waals surface area contributed by atoms with Crippen molar-refractivity contribution < 1.29 is 15.0 Å². The molecule has 0 saturated heterocycles. The van der Waals surface area contributed by atoms with E-state index in [2.05, 4.69) is 5.32 Å². The van der Waals surface area contributed by atoms with Gasteiger partial charge in [0, 0.05) is 17.1 Å². The van der Waals surface area contributed by atoms with E-state index < -0.39 is 0 Å². The van der Waals surface area contributed by atoms with Crippen LogP contribution in [0.25, 0.3) is 0 Å². The van der Waals surface area contributed by atoms with Crippen LogP contribution in [0.5, 0.6) is 11.5 Å². The molecule has 0 aromatic heterocycles. The van der Waals surface area contributed by atoms with Crippen molar-refractivity contribution >= 4 is 17.5 Å². The molecule has 0 atom stereocenters. The van der Waals surface area contributed by atoms with Crippen LogP contribution >= 0.6 is 11.6 Å². The van der Waals surface area contributed by atoms with E-state index in [-0.39, 0.29) is 23.0 Å². The Hall–Kier alpha value is -2.20. The SMILES string of the molecule is O=C(NCc1ccccc1Cl)c1ccc(O)c(O)c1. The van der Waals surface area contributed by atoms with Crippen LogP contribution in [-0.4, -0.2) is 16.1 Å². The van der Waals surface area contributed by atoms with E-state index >= 15 is 0 Å². The van der Waals surface area contributed by atoms with E-state index in [1.165, 1.54) is 18.2 Å². The summed E-state index contributed by atoms with van der Waals surface area (Å²) in [5.41, 5.74) is 1.07. The molecule has 2 aromatic carbocycles. The number of nitrogens with one attached hydrogen (secondary N) is 1. The molecular weight excluding hydrogens is 266 g/mol. The highest BCUT2D eigenvalue weighted by molar-refractivity contribution is 6.31. The molecule has 0 fully saturated rings. The fraction of sp³-hybridized carbons (Fsp3) is 0.0714. The van der Waals surface area contributed by atoms with Gasteiger partial charge >= 0.3 is 0 Å². The van der Waals surface area contributed by atoms with Gasteiger partial charge in [0.05, 0.1) is 0 Å². The number of amides is 1. The maximum absolute atomic E-state index is 11.8. The highest BCUT2D eigenvalue weighted by Gasteiger charge is 2.09. The Balaban J connectivity index is 2.05. The van der Waals surface area contributed by atoms with Gasteiger partial charge in [0.2, 0.25) is 0 Å². The number of benzene rings is 2. The topological polar surface area (TPSA) is 69.6 Å². The predicted octanol–water partition coefficient (Wildman–Crippen LogP) is 2.68. The molecule has 0 spiro atoms. The molecule has 0 saturated carbocycles. The Labute approximate surface area is 115 Å². The Kier molecular flexibility index (Phi) is 3.92. The zero-order valence-electron chi connectivity index (χ0n) is 9.93. The van der Waals surface area contributed by atoms with Crippen LogP contribution in [0.1, 0.15) is 15.9 Å². The Morgan fingerprint density at radius 2 is 1.84 bits per heavy atom. The first-order chi connectivity index (χ1) is 9.08. The summed E-state index contributed by atoms with van der Waals surface area (Å²) in [7, 11) is 0. The fourth-order valence-corrected chi connectivity index (χ4v) is 1.79. The monoisotopic (exact) mass is 277 g/mol. The van der Waals surface area contributed by atoms with Gasteiger partial charge < -0.3 is 15.5 Å². The van der Waals surface area contributed by atoms with Gasteiger partial charge in [-0.15, -0.1) is 0 Å². The van der Waals surface area contributed by atoms with E-state index in [0.717, 1.165) is 5.56 Å². The average molecular weight is 278 g/mol. The van der Waals surface area contributed by atoms with Gasteiger partial charge in [0.15, 0.2) is 11.5 Å². The van der Waals surface area contributed by atoms with Crippen LogP contribution in [0.15, 0.2) is 42.5 Å². The Morgan fingerprint density at radius 1 is 1.11 bits per heavy atom. The van der Waals surface area contributed by atoms with Gasteiger partial charge in [0.25, 0.3) is 5.91 Å². The molecule has 3 N–H and O–H groups in total. The highest BCUT2D eigenvalue weighted by Crippen LogP contribution is 2.24. The molecule has 98 valence electrons. The highest BCUT2D eigenvalue weighted by atomic mass is 35.5. The Morgan fingerprint density at radius 3 is 2.53 bits per heavy atom. The zero-order valence-corrected chi connectivity index (χ0v) is 10.7. The number of halogens is 1. The minimum Gasteiger partial charge on any atom is -0.504 e. The first-order valence-electron chi connectivity index (χ1n) is 5.61. The number of hydrogen-bond acceptors (Lipinski definition) is 3. The van der Waals surface area contributed by atoms with Gasteiger partial charge in [-0.3, -0.25) is 4.79 Å². The van der Waals surface area contributed by atoms with E-state index in [1.54, 1.807) is 6.07 Å². The van der Waals surface area contributed by atoms with E-state index in [0.29, 0.717) is 11.6 Å². The number of carbonyl (C=O) groups excluding carboxylic acids is 1. The van der Waals surface area contributed by atoms with E-state index in [4.69, 9.17) is 11.6 Å². The molecule has 0 heterocycles. The van der Waals surface area contributed by atoms with Crippen molar-refractivity contribution in [3.05, 3.63) is 58.6 Å². The van der Waals surface area contributed by atoms with E-state index in [1.807, 2.05) is 18.2 Å². The predicted molar refractivity (Wildman–Crippen MR) is 72.4 cm³/mol. The van der Waals surface area contributed by atoms with Gasteiger partial charge in [0.1, 0.15) is 0 Å². The number of rotatable bonds is 3. The maximum atomic E-state index is 11.8. The molecule has 5 heteroatoms. The molecule has 0 aliphatic heterocycles. The number of hydrogen-bond donors (Lipinski definition) is 3. The zero-order chi connectivity index (χ0) is 13.8. The summed E-state index contributed by atoms with van der Waals surface area (Å²) < 4.78 is 0. The van der Waals surface area contributed by atoms with Gasteiger partial charge in [-0.05, 0) is 29.8 Å². The largest absolute Gasteiger partial charge is 0.504 e. The summed E-state index contributed by atoms with van der Waals surface area (Å²) in [4.78, 5) is 11.8. The van der Waals surface area contributed by atoms with Crippen LogP contribution in [0.4, 0.5) is 0 Å². The standard InChI is InChI=1S/C14H12ClNO3/c15-11-4-2-1-3-10(11)8-16-14(19)9-5-6-12(17)13(18)7-9/h1-7,17-18H,8H2,(H,16,19). The molecule has 0 bridgehead atoms. The quantitative estimate of drug-likeness (QED) is 0.756. The summed E-state index contributed by atoms with van der Waals surface area (Å²) >= 11 is 5.98. The van der Waals surface area contributed by atoms with Gasteiger partial charge in [-0.1, -0.05) is 29.8 Å². The third kappa shape index (κ3) is 3.17. The molecule has 0 unspecified atom stereocenters. The molecule has 1 amide bonds. The third-order valence-electron chi connectivity index (χ3n) is 2.63. The number of phenolic OH excluding ortho intramolecular Hbond substituents is 2. The summed E-state index contributed by atoms with van der Waals surface area (Å²) in [5.74, 6) is -0.941. The van der Waals surface area contributed by atoms with Gasteiger partial charge in [-0.2, -0.15) is 0 Å². The normalized spacial score (nSPS) is 10.2. The average Bonchev–Trinajstić information content (AvgIpc) is 2.40. The second-order valence-electron chi connectivity index (χ2n) is 3.98. The van der Waals surface area contributed by atoms with Crippen molar-refractivity contribution in [2.24, 2.45) is 0 Å². The van der Waals surface area contributed by atoms with E-state index in [9.17, 15) is 15.0 Å². The number of phenols is 2. The van der Waals surface area contributed by atoms with Crippen LogP contribution < -0.4 is 5.32 Å². The molecular formula is C14H12ClNO3. The number of carbonyl (C=O) groups is 1. The van der Waals surface area contributed by atoms with Crippen molar-refractivity contribution in [3.8, 4) is 11.5 Å². The second-order valence-corrected chi connectivity index (χ2v) is 4.38. The van der Waals surface area contributed by atoms with Crippen LogP contribution in [0.3, 0.4) is 0 Å². The summed E-state index contributed by atoms with van der Waals surface area (Å²) in [5, 5.41) is 21.8. The summed E-state index contributed by atoms with van der Waals surface area (Å²) in [6.45, 7) is 0.292. The van der Waals surface area contributed by atoms with Crippen LogP contribution in [0, 0.1) is 0 Å².